The average molecular weight is 227 g/mol. The molecule has 1 atom stereocenters. The molecule has 1 unspecified atom stereocenters. The monoisotopic (exact) mass is 227 g/mol. The van der Waals surface area contributed by atoms with Gasteiger partial charge in [-0.25, -0.2) is 0 Å². The van der Waals surface area contributed by atoms with Crippen LogP contribution in [-0.4, -0.2) is 44.0 Å². The van der Waals surface area contributed by atoms with E-state index >= 15 is 0 Å². The molecule has 3 N–H and O–H groups in total. The molecule has 1 amide bonds. The van der Waals surface area contributed by atoms with E-state index in [1.165, 1.54) is 25.7 Å². The standard InChI is InChI=1S/C12H25N3O/c1-14-11(12(13)16)7-8-15(2)9-10-5-3-4-6-10/h10-11,14H,3-9H2,1-2H3,(H2,13,16). The van der Waals surface area contributed by atoms with Crippen LogP contribution in [0.4, 0.5) is 0 Å². The zero-order valence-corrected chi connectivity index (χ0v) is 10.5. The van der Waals surface area contributed by atoms with Crippen LogP contribution in [-0.2, 0) is 4.79 Å². The van der Waals surface area contributed by atoms with Crippen molar-refractivity contribution in [2.24, 2.45) is 11.7 Å². The Kier molecular flexibility index (Phi) is 5.77. The molecule has 1 saturated carbocycles. The summed E-state index contributed by atoms with van der Waals surface area (Å²) >= 11 is 0. The molecule has 1 aliphatic rings. The number of carbonyl (C=O) groups is 1. The van der Waals surface area contributed by atoms with Gasteiger partial charge in [0.15, 0.2) is 0 Å². The van der Waals surface area contributed by atoms with Crippen LogP contribution in [0.3, 0.4) is 0 Å². The summed E-state index contributed by atoms with van der Waals surface area (Å²) in [6.07, 6.45) is 6.32. The Morgan fingerprint density at radius 2 is 2.12 bits per heavy atom. The SMILES string of the molecule is CNC(CCN(C)CC1CCCC1)C(N)=O. The largest absolute Gasteiger partial charge is 0.368 e. The van der Waals surface area contributed by atoms with Crippen LogP contribution in [0, 0.1) is 5.92 Å². The second kappa shape index (κ2) is 6.86. The van der Waals surface area contributed by atoms with Crippen LogP contribution < -0.4 is 11.1 Å². The fourth-order valence-corrected chi connectivity index (χ4v) is 2.50. The minimum atomic E-state index is -0.253. The second-order valence-corrected chi connectivity index (χ2v) is 4.95. The minimum Gasteiger partial charge on any atom is -0.368 e. The lowest BCUT2D eigenvalue weighted by Crippen LogP contribution is -2.41. The number of amides is 1. The summed E-state index contributed by atoms with van der Waals surface area (Å²) in [7, 11) is 3.92. The van der Waals surface area contributed by atoms with Crippen LogP contribution in [0.15, 0.2) is 0 Å². The van der Waals surface area contributed by atoms with Gasteiger partial charge in [-0.2, -0.15) is 0 Å². The lowest BCUT2D eigenvalue weighted by atomic mass is 10.1. The van der Waals surface area contributed by atoms with Gasteiger partial charge in [-0.05, 0) is 45.8 Å². The summed E-state index contributed by atoms with van der Waals surface area (Å²) in [4.78, 5) is 13.4. The fraction of sp³-hybridized carbons (Fsp3) is 0.917. The quantitative estimate of drug-likeness (QED) is 0.668. The first-order valence-corrected chi connectivity index (χ1v) is 6.28. The van der Waals surface area contributed by atoms with Gasteiger partial charge in [0.1, 0.15) is 0 Å². The summed E-state index contributed by atoms with van der Waals surface area (Å²) in [6, 6.07) is -0.189. The molecule has 0 aromatic heterocycles. The summed E-state index contributed by atoms with van der Waals surface area (Å²) in [5.41, 5.74) is 5.28. The fourth-order valence-electron chi connectivity index (χ4n) is 2.50. The molecule has 0 spiro atoms. The molecule has 94 valence electrons. The first-order chi connectivity index (χ1) is 7.63. The first-order valence-electron chi connectivity index (χ1n) is 6.28. The molecule has 0 aromatic rings. The highest BCUT2D eigenvalue weighted by molar-refractivity contribution is 5.79. The maximum absolute atomic E-state index is 11.0. The van der Waals surface area contributed by atoms with E-state index in [0.29, 0.717) is 0 Å². The van der Waals surface area contributed by atoms with Crippen molar-refractivity contribution in [2.75, 3.05) is 27.2 Å². The number of likely N-dealkylation sites (N-methyl/N-ethyl adjacent to an activating group) is 1. The molecule has 0 bridgehead atoms. The molecule has 4 heteroatoms. The van der Waals surface area contributed by atoms with Crippen molar-refractivity contribution in [3.8, 4) is 0 Å². The van der Waals surface area contributed by atoms with E-state index in [1.54, 1.807) is 7.05 Å². The zero-order valence-electron chi connectivity index (χ0n) is 10.5. The summed E-state index contributed by atoms with van der Waals surface area (Å²) < 4.78 is 0. The zero-order chi connectivity index (χ0) is 12.0. The highest BCUT2D eigenvalue weighted by Crippen LogP contribution is 2.25. The number of nitrogens with one attached hydrogen (secondary N) is 1. The number of nitrogens with zero attached hydrogens (tertiary/aromatic N) is 1. The topological polar surface area (TPSA) is 58.4 Å². The van der Waals surface area contributed by atoms with Gasteiger partial charge in [0.2, 0.25) is 5.91 Å². The molecule has 1 fully saturated rings. The van der Waals surface area contributed by atoms with E-state index in [4.69, 9.17) is 5.73 Å². The normalized spacial score (nSPS) is 19.2. The Labute approximate surface area is 98.6 Å². The first kappa shape index (κ1) is 13.5. The van der Waals surface area contributed by atoms with Crippen molar-refractivity contribution in [2.45, 2.75) is 38.1 Å². The van der Waals surface area contributed by atoms with Crippen molar-refractivity contribution in [3.63, 3.8) is 0 Å². The summed E-state index contributed by atoms with van der Waals surface area (Å²) in [5.74, 6) is 0.614. The Balaban J connectivity index is 2.17. The number of nitrogens with two attached hydrogens (primary N) is 1. The molecule has 0 saturated heterocycles. The van der Waals surface area contributed by atoms with Crippen LogP contribution >= 0.6 is 0 Å². The van der Waals surface area contributed by atoms with Crippen molar-refractivity contribution in [3.05, 3.63) is 0 Å². The third kappa shape index (κ3) is 4.49. The van der Waals surface area contributed by atoms with E-state index in [0.717, 1.165) is 25.4 Å². The van der Waals surface area contributed by atoms with E-state index < -0.39 is 0 Å². The molecule has 1 aliphatic carbocycles. The molecule has 0 radical (unpaired) electrons. The molecule has 0 heterocycles. The minimum absolute atomic E-state index is 0.189. The molecule has 0 aliphatic heterocycles. The van der Waals surface area contributed by atoms with Gasteiger partial charge in [0.05, 0.1) is 6.04 Å². The van der Waals surface area contributed by atoms with Gasteiger partial charge in [0.25, 0.3) is 0 Å². The molecular formula is C12H25N3O. The van der Waals surface area contributed by atoms with Gasteiger partial charge in [-0.1, -0.05) is 12.8 Å². The van der Waals surface area contributed by atoms with E-state index in [-0.39, 0.29) is 11.9 Å². The maximum Gasteiger partial charge on any atom is 0.234 e. The second-order valence-electron chi connectivity index (χ2n) is 4.95. The number of primary amides is 1. The number of hydrogen-bond donors (Lipinski definition) is 2. The lowest BCUT2D eigenvalue weighted by Gasteiger charge is -2.22. The summed E-state index contributed by atoms with van der Waals surface area (Å²) in [5, 5.41) is 2.95. The van der Waals surface area contributed by atoms with Gasteiger partial charge < -0.3 is 16.0 Å². The average Bonchev–Trinajstić information content (AvgIpc) is 2.70. The Morgan fingerprint density at radius 3 is 2.62 bits per heavy atom. The third-order valence-corrected chi connectivity index (χ3v) is 3.54. The van der Waals surface area contributed by atoms with E-state index in [2.05, 4.69) is 17.3 Å². The molecule has 4 nitrogen and oxygen atoms in total. The maximum atomic E-state index is 11.0. The van der Waals surface area contributed by atoms with Crippen molar-refractivity contribution < 1.29 is 4.79 Å². The predicted molar refractivity (Wildman–Crippen MR) is 66.1 cm³/mol. The van der Waals surface area contributed by atoms with Crippen molar-refractivity contribution >= 4 is 5.91 Å². The summed E-state index contributed by atoms with van der Waals surface area (Å²) in [6.45, 7) is 2.10. The highest BCUT2D eigenvalue weighted by atomic mass is 16.1. The number of carbonyl (C=O) groups excluding carboxylic acids is 1. The third-order valence-electron chi connectivity index (χ3n) is 3.54. The van der Waals surface area contributed by atoms with Gasteiger partial charge in [0, 0.05) is 6.54 Å². The molecule has 0 aromatic carbocycles. The van der Waals surface area contributed by atoms with Crippen LogP contribution in [0.2, 0.25) is 0 Å². The van der Waals surface area contributed by atoms with Gasteiger partial charge in [-0.3, -0.25) is 4.79 Å². The van der Waals surface area contributed by atoms with Crippen LogP contribution in [0.25, 0.3) is 0 Å². The van der Waals surface area contributed by atoms with Crippen LogP contribution in [0.1, 0.15) is 32.1 Å². The number of hydrogen-bond acceptors (Lipinski definition) is 3. The van der Waals surface area contributed by atoms with Crippen molar-refractivity contribution in [1.29, 1.82) is 0 Å². The lowest BCUT2D eigenvalue weighted by molar-refractivity contribution is -0.120. The highest BCUT2D eigenvalue weighted by Gasteiger charge is 2.18. The van der Waals surface area contributed by atoms with Crippen molar-refractivity contribution in [1.82, 2.24) is 10.2 Å². The Bertz CT molecular complexity index is 214. The van der Waals surface area contributed by atoms with E-state index in [9.17, 15) is 4.79 Å². The van der Waals surface area contributed by atoms with Gasteiger partial charge >= 0.3 is 0 Å². The Hall–Kier alpha value is -0.610. The van der Waals surface area contributed by atoms with Crippen LogP contribution in [0.5, 0.6) is 0 Å². The number of rotatable bonds is 7. The molecule has 1 rings (SSSR count). The molecule has 16 heavy (non-hydrogen) atoms. The van der Waals surface area contributed by atoms with Gasteiger partial charge in [-0.15, -0.1) is 0 Å². The predicted octanol–water partition coefficient (Wildman–Crippen LogP) is 0.572. The smallest absolute Gasteiger partial charge is 0.234 e. The van der Waals surface area contributed by atoms with E-state index in [1.807, 2.05) is 0 Å². The Morgan fingerprint density at radius 1 is 1.50 bits per heavy atom. The molecular weight excluding hydrogens is 202 g/mol.